The van der Waals surface area contributed by atoms with Crippen molar-refractivity contribution in [1.82, 2.24) is 0 Å². The molecule has 0 amide bonds. The van der Waals surface area contributed by atoms with Crippen LogP contribution in [0.1, 0.15) is 11.1 Å². The Bertz CT molecular complexity index is 742. The van der Waals surface area contributed by atoms with Crippen LogP contribution in [0.5, 0.6) is 0 Å². The first-order valence-corrected chi connectivity index (χ1v) is 16.0. The predicted molar refractivity (Wildman–Crippen MR) is 107 cm³/mol. The normalized spacial score (nSPS) is 28.1. The fourth-order valence-electron chi connectivity index (χ4n) is 1.99. The predicted octanol–water partition coefficient (Wildman–Crippen LogP) is 4.54. The van der Waals surface area contributed by atoms with E-state index in [1.54, 1.807) is 0 Å². The van der Waals surface area contributed by atoms with Crippen molar-refractivity contribution in [2.45, 2.75) is 13.5 Å². The molecule has 0 aromatic heterocycles. The van der Waals surface area contributed by atoms with Gasteiger partial charge in [0.2, 0.25) is 0 Å². The number of hydrogen-bond donors (Lipinski definition) is 1. The van der Waals surface area contributed by atoms with Crippen LogP contribution in [0.25, 0.3) is 0 Å². The largest absolute Gasteiger partial charge is 0.392 e. The second-order valence-electron chi connectivity index (χ2n) is 4.82. The third-order valence-electron chi connectivity index (χ3n) is 3.22. The quantitative estimate of drug-likeness (QED) is 0.777. The highest BCUT2D eigenvalue weighted by molar-refractivity contribution is 9.48. The molecule has 0 bridgehead atoms. The number of aliphatic hydroxyl groups is 1. The van der Waals surface area contributed by atoms with Gasteiger partial charge in [-0.3, -0.25) is 0 Å². The molecule has 2 aromatic rings. The average Bonchev–Trinajstić information content (AvgIpc) is 2.46. The lowest BCUT2D eigenvalue weighted by atomic mass is 10.2. The van der Waals surface area contributed by atoms with E-state index in [9.17, 15) is 0 Å². The van der Waals surface area contributed by atoms with Crippen molar-refractivity contribution in [3.63, 3.8) is 0 Å². The molecule has 1 N–H and O–H groups in total. The lowest BCUT2D eigenvalue weighted by Gasteiger charge is -2.40. The van der Waals surface area contributed by atoms with Crippen molar-refractivity contribution in [2.75, 3.05) is 0 Å². The van der Waals surface area contributed by atoms with Crippen molar-refractivity contribution < 1.29 is 5.11 Å². The Morgan fingerprint density at radius 3 is 1.71 bits per heavy atom. The van der Waals surface area contributed by atoms with Crippen LogP contribution in [-0.4, -0.2) is 5.11 Å². The average molecular weight is 388 g/mol. The molecule has 7 heteroatoms. The molecule has 0 saturated carbocycles. The van der Waals surface area contributed by atoms with Gasteiger partial charge in [0.15, 0.2) is 0 Å². The summed E-state index contributed by atoms with van der Waals surface area (Å²) in [4.78, 5) is 0. The molecule has 1 fully saturated rings. The highest BCUT2D eigenvalue weighted by atomic mass is 33.7. The summed E-state index contributed by atoms with van der Waals surface area (Å²) in [5.41, 5.74) is 2.18. The molecular formula is C14H14OP2S4. The van der Waals surface area contributed by atoms with E-state index >= 15 is 0 Å². The summed E-state index contributed by atoms with van der Waals surface area (Å²) in [7, 11) is 0. The third-order valence-corrected chi connectivity index (χ3v) is 34.5. The minimum Gasteiger partial charge on any atom is -0.392 e. The van der Waals surface area contributed by atoms with Crippen molar-refractivity contribution in [1.29, 1.82) is 0 Å². The fourth-order valence-corrected chi connectivity index (χ4v) is 44.3. The van der Waals surface area contributed by atoms with E-state index in [1.165, 1.54) is 16.2 Å². The van der Waals surface area contributed by atoms with E-state index in [2.05, 4.69) is 43.3 Å². The van der Waals surface area contributed by atoms with Gasteiger partial charge in [-0.05, 0) is 12.5 Å². The van der Waals surface area contributed by atoms with Crippen LogP contribution in [-0.2, 0) is 30.2 Å². The Hall–Kier alpha value is 0.400. The molecule has 21 heavy (non-hydrogen) atoms. The van der Waals surface area contributed by atoms with Gasteiger partial charge in [0.25, 0.3) is 0 Å². The van der Waals surface area contributed by atoms with Crippen molar-refractivity contribution in [3.8, 4) is 0 Å². The standard InChI is InChI=1S/C14H14OP2S4/c1-11-2-6-13(7-3-11)16(18)20-17(19,21-16)14-8-4-12(10-15)5-9-14/h2-9,15H,10H2,1H3. The zero-order valence-electron chi connectivity index (χ0n) is 11.3. The van der Waals surface area contributed by atoms with Gasteiger partial charge in [0, 0.05) is 10.6 Å². The minimum absolute atomic E-state index is 0.0742. The van der Waals surface area contributed by atoms with Gasteiger partial charge in [-0.1, -0.05) is 99.7 Å². The molecule has 1 saturated heterocycles. The monoisotopic (exact) mass is 388 g/mol. The molecule has 110 valence electrons. The Balaban J connectivity index is 1.83. The van der Waals surface area contributed by atoms with Gasteiger partial charge in [0.1, 0.15) is 0 Å². The van der Waals surface area contributed by atoms with Gasteiger partial charge in [-0.25, -0.2) is 0 Å². The van der Waals surface area contributed by atoms with E-state index in [1.807, 2.05) is 34.1 Å². The summed E-state index contributed by atoms with van der Waals surface area (Å²) in [5, 5.41) is 11.6. The second-order valence-corrected chi connectivity index (χ2v) is 26.1. The summed E-state index contributed by atoms with van der Waals surface area (Å²) in [6.07, 6.45) is 0. The first-order valence-electron chi connectivity index (χ1n) is 6.36. The maximum atomic E-state index is 9.12. The first kappa shape index (κ1) is 16.3. The summed E-state index contributed by atoms with van der Waals surface area (Å²) in [6, 6.07) is 16.6. The van der Waals surface area contributed by atoms with E-state index in [4.69, 9.17) is 28.7 Å². The Morgan fingerprint density at radius 2 is 1.29 bits per heavy atom. The molecule has 1 heterocycles. The lowest BCUT2D eigenvalue weighted by molar-refractivity contribution is 0.282. The number of hydrogen-bond acceptors (Lipinski definition) is 5. The van der Waals surface area contributed by atoms with Gasteiger partial charge < -0.3 is 5.11 Å². The molecule has 2 aromatic carbocycles. The number of benzene rings is 2. The van der Waals surface area contributed by atoms with E-state index < -0.39 is 8.88 Å². The van der Waals surface area contributed by atoms with E-state index in [-0.39, 0.29) is 6.61 Å². The fraction of sp³-hybridized carbons (Fsp3) is 0.143. The number of aryl methyl sites for hydroxylation is 1. The van der Waals surface area contributed by atoms with Crippen LogP contribution in [0, 0.1) is 6.92 Å². The van der Waals surface area contributed by atoms with E-state index in [0.29, 0.717) is 0 Å². The zero-order chi connectivity index (χ0) is 15.1. The van der Waals surface area contributed by atoms with Crippen LogP contribution in [0.3, 0.4) is 0 Å². The summed E-state index contributed by atoms with van der Waals surface area (Å²) in [5.74, 6) is 0. The summed E-state index contributed by atoms with van der Waals surface area (Å²) < 4.78 is -3.25. The maximum Gasteiger partial charge on any atom is 0.0965 e. The molecule has 0 unspecified atom stereocenters. The molecular weight excluding hydrogens is 374 g/mol. The summed E-state index contributed by atoms with van der Waals surface area (Å²) >= 11 is 15.5. The topological polar surface area (TPSA) is 20.2 Å². The van der Waals surface area contributed by atoms with Gasteiger partial charge in [-0.2, -0.15) is 0 Å². The third kappa shape index (κ3) is 3.21. The van der Waals surface area contributed by atoms with Crippen LogP contribution in [0.4, 0.5) is 0 Å². The number of aliphatic hydroxyl groups excluding tert-OH is 1. The molecule has 1 aliphatic rings. The first-order chi connectivity index (χ1) is 9.95. The Morgan fingerprint density at radius 1 is 0.857 bits per heavy atom. The smallest absolute Gasteiger partial charge is 0.0965 e. The van der Waals surface area contributed by atoms with Crippen molar-refractivity contribution >= 4 is 65.1 Å². The molecule has 0 spiro atoms. The van der Waals surface area contributed by atoms with Crippen molar-refractivity contribution in [2.24, 2.45) is 0 Å². The zero-order valence-corrected chi connectivity index (χ0v) is 16.4. The molecule has 0 radical (unpaired) electrons. The second kappa shape index (κ2) is 6.13. The minimum atomic E-state index is -1.64. The SMILES string of the molecule is Cc1ccc(P2(=S)SP(=S)(c3ccc(CO)cc3)S2)cc1. The molecule has 3 rings (SSSR count). The highest BCUT2D eigenvalue weighted by Crippen LogP contribution is 3.04. The van der Waals surface area contributed by atoms with E-state index in [0.717, 1.165) is 5.56 Å². The molecule has 0 atom stereocenters. The molecule has 1 aliphatic heterocycles. The maximum absolute atomic E-state index is 9.12. The molecule has 1 nitrogen and oxygen atoms in total. The highest BCUT2D eigenvalue weighted by Gasteiger charge is 2.45. The summed E-state index contributed by atoms with van der Waals surface area (Å²) in [6.45, 7) is 2.16. The Labute approximate surface area is 142 Å². The Kier molecular flexibility index (Phi) is 4.75. The molecule has 0 aliphatic carbocycles. The lowest BCUT2D eigenvalue weighted by Crippen LogP contribution is -2.09. The van der Waals surface area contributed by atoms with Crippen LogP contribution in [0.2, 0.25) is 0 Å². The van der Waals surface area contributed by atoms with Crippen LogP contribution in [0.15, 0.2) is 48.5 Å². The van der Waals surface area contributed by atoms with Gasteiger partial charge in [0.05, 0.1) is 15.5 Å². The van der Waals surface area contributed by atoms with Crippen molar-refractivity contribution in [3.05, 3.63) is 59.7 Å². The van der Waals surface area contributed by atoms with Gasteiger partial charge >= 0.3 is 0 Å². The van der Waals surface area contributed by atoms with Gasteiger partial charge in [-0.15, -0.1) is 0 Å². The van der Waals surface area contributed by atoms with Crippen LogP contribution >= 0.6 is 30.9 Å². The number of rotatable bonds is 3. The van der Waals surface area contributed by atoms with Crippen LogP contribution < -0.4 is 10.6 Å².